The van der Waals surface area contributed by atoms with Gasteiger partial charge in [0.05, 0.1) is 20.6 Å². The van der Waals surface area contributed by atoms with Crippen LogP contribution < -0.4 is 9.62 Å². The molecule has 0 saturated heterocycles. The molecule has 10 heteroatoms. The molecule has 0 fully saturated rings. The number of amides is 2. The predicted molar refractivity (Wildman–Crippen MR) is 161 cm³/mol. The Morgan fingerprint density at radius 1 is 0.925 bits per heavy atom. The van der Waals surface area contributed by atoms with Crippen molar-refractivity contribution in [3.8, 4) is 0 Å². The molecule has 0 unspecified atom stereocenters. The highest BCUT2D eigenvalue weighted by Gasteiger charge is 2.33. The van der Waals surface area contributed by atoms with Crippen molar-refractivity contribution in [2.24, 2.45) is 0 Å². The minimum absolute atomic E-state index is 0.0246. The van der Waals surface area contributed by atoms with Crippen molar-refractivity contribution in [2.45, 2.75) is 64.6 Å². The Balaban J connectivity index is 2.07. The fraction of sp³-hybridized carbons (Fsp3) is 0.333. The van der Waals surface area contributed by atoms with Gasteiger partial charge in [-0.2, -0.15) is 0 Å². The van der Waals surface area contributed by atoms with Crippen molar-refractivity contribution >= 4 is 50.7 Å². The smallest absolute Gasteiger partial charge is 0.264 e. The SMILES string of the molecule is CC[C@H](C)NC(=O)[C@H](C)N(Cc1ccc(Cl)c(Cl)c1)C(=O)CN(c1cccc(C)c1C)S(=O)(=O)c1ccccc1. The molecule has 3 rings (SSSR count). The fourth-order valence-electron chi connectivity index (χ4n) is 4.12. The Labute approximate surface area is 247 Å². The molecule has 0 spiro atoms. The molecule has 0 aliphatic rings. The summed E-state index contributed by atoms with van der Waals surface area (Å²) in [6, 6.07) is 17.3. The zero-order valence-electron chi connectivity index (χ0n) is 23.3. The van der Waals surface area contributed by atoms with Gasteiger partial charge in [-0.3, -0.25) is 13.9 Å². The summed E-state index contributed by atoms with van der Waals surface area (Å²) in [5.74, 6) is -0.884. The molecule has 1 N–H and O–H groups in total. The summed E-state index contributed by atoms with van der Waals surface area (Å²) in [5.41, 5.74) is 2.65. The topological polar surface area (TPSA) is 86.8 Å². The van der Waals surface area contributed by atoms with Crippen LogP contribution in [-0.4, -0.2) is 43.8 Å². The van der Waals surface area contributed by atoms with Crippen LogP contribution in [0.1, 0.15) is 43.9 Å². The maximum absolute atomic E-state index is 14.0. The van der Waals surface area contributed by atoms with Crippen molar-refractivity contribution in [1.29, 1.82) is 0 Å². The van der Waals surface area contributed by atoms with E-state index in [-0.39, 0.29) is 23.4 Å². The summed E-state index contributed by atoms with van der Waals surface area (Å²) in [5, 5.41) is 3.59. The summed E-state index contributed by atoms with van der Waals surface area (Å²) in [7, 11) is -4.13. The third-order valence-corrected chi connectivity index (χ3v) is 9.47. The number of benzene rings is 3. The Hall–Kier alpha value is -3.07. The first-order valence-corrected chi connectivity index (χ1v) is 15.2. The average molecular weight is 605 g/mol. The number of hydrogen-bond acceptors (Lipinski definition) is 4. The van der Waals surface area contributed by atoms with Gasteiger partial charge in [-0.05, 0) is 81.1 Å². The molecule has 7 nitrogen and oxygen atoms in total. The molecule has 40 heavy (non-hydrogen) atoms. The number of rotatable bonds is 11. The van der Waals surface area contributed by atoms with Gasteiger partial charge in [0.1, 0.15) is 12.6 Å². The van der Waals surface area contributed by atoms with Gasteiger partial charge in [0.25, 0.3) is 10.0 Å². The third kappa shape index (κ3) is 7.36. The maximum atomic E-state index is 14.0. The summed E-state index contributed by atoms with van der Waals surface area (Å²) in [4.78, 5) is 28.6. The second-order valence-electron chi connectivity index (χ2n) is 9.81. The van der Waals surface area contributed by atoms with Gasteiger partial charge >= 0.3 is 0 Å². The summed E-state index contributed by atoms with van der Waals surface area (Å²) < 4.78 is 29.0. The van der Waals surface area contributed by atoms with Crippen LogP contribution in [0.3, 0.4) is 0 Å². The lowest BCUT2D eigenvalue weighted by Gasteiger charge is -2.33. The largest absolute Gasteiger partial charge is 0.352 e. The van der Waals surface area contributed by atoms with Gasteiger partial charge in [0.15, 0.2) is 0 Å². The second kappa shape index (κ2) is 13.5. The van der Waals surface area contributed by atoms with Crippen LogP contribution in [0.4, 0.5) is 5.69 Å². The number of hydrogen-bond donors (Lipinski definition) is 1. The van der Waals surface area contributed by atoms with Crippen LogP contribution in [0.25, 0.3) is 0 Å². The van der Waals surface area contributed by atoms with E-state index in [4.69, 9.17) is 23.2 Å². The summed E-state index contributed by atoms with van der Waals surface area (Å²) >= 11 is 12.3. The Kier molecular flexibility index (Phi) is 10.6. The molecule has 0 aromatic heterocycles. The Bertz CT molecular complexity index is 1470. The highest BCUT2D eigenvalue weighted by Crippen LogP contribution is 2.29. The second-order valence-corrected chi connectivity index (χ2v) is 12.5. The number of carbonyl (C=O) groups is 2. The lowest BCUT2D eigenvalue weighted by atomic mass is 10.1. The molecule has 0 radical (unpaired) electrons. The van der Waals surface area contributed by atoms with Crippen molar-refractivity contribution in [2.75, 3.05) is 10.8 Å². The van der Waals surface area contributed by atoms with E-state index in [1.807, 2.05) is 33.8 Å². The first-order valence-electron chi connectivity index (χ1n) is 13.0. The van der Waals surface area contributed by atoms with Gasteiger partial charge in [-0.15, -0.1) is 0 Å². The van der Waals surface area contributed by atoms with Crippen molar-refractivity contribution in [3.63, 3.8) is 0 Å². The van der Waals surface area contributed by atoms with E-state index in [1.54, 1.807) is 55.5 Å². The lowest BCUT2D eigenvalue weighted by Crippen LogP contribution is -2.52. The highest BCUT2D eigenvalue weighted by atomic mass is 35.5. The van der Waals surface area contributed by atoms with Crippen LogP contribution in [0.15, 0.2) is 71.6 Å². The van der Waals surface area contributed by atoms with Gasteiger partial charge in [0, 0.05) is 12.6 Å². The predicted octanol–water partition coefficient (Wildman–Crippen LogP) is 6.14. The molecule has 3 aromatic rings. The first kappa shape index (κ1) is 31.5. The van der Waals surface area contributed by atoms with E-state index in [9.17, 15) is 18.0 Å². The zero-order chi connectivity index (χ0) is 29.6. The average Bonchev–Trinajstić information content (AvgIpc) is 2.93. The molecule has 0 bridgehead atoms. The number of sulfonamides is 1. The molecule has 0 saturated carbocycles. The number of carbonyl (C=O) groups excluding carboxylic acids is 2. The van der Waals surface area contributed by atoms with Gasteiger partial charge in [0.2, 0.25) is 11.8 Å². The zero-order valence-corrected chi connectivity index (χ0v) is 25.6. The molecular weight excluding hydrogens is 569 g/mol. The van der Waals surface area contributed by atoms with Crippen LogP contribution in [0.2, 0.25) is 10.0 Å². The van der Waals surface area contributed by atoms with E-state index in [0.717, 1.165) is 21.9 Å². The normalized spacial score (nSPS) is 12.9. The minimum atomic E-state index is -4.13. The van der Waals surface area contributed by atoms with E-state index in [2.05, 4.69) is 5.32 Å². The minimum Gasteiger partial charge on any atom is -0.352 e. The number of anilines is 1. The molecule has 214 valence electrons. The molecule has 0 aliphatic heterocycles. The molecule has 2 amide bonds. The van der Waals surface area contributed by atoms with Crippen LogP contribution in [0, 0.1) is 13.8 Å². The summed E-state index contributed by atoms with van der Waals surface area (Å²) in [6.07, 6.45) is 0.717. The van der Waals surface area contributed by atoms with E-state index < -0.39 is 28.5 Å². The van der Waals surface area contributed by atoms with Crippen LogP contribution in [-0.2, 0) is 26.2 Å². The molecule has 3 aromatic carbocycles. The maximum Gasteiger partial charge on any atom is 0.264 e. The molecular formula is C30H35Cl2N3O4S. The quantitative estimate of drug-likeness (QED) is 0.285. The van der Waals surface area contributed by atoms with Gasteiger partial charge < -0.3 is 10.2 Å². The third-order valence-electron chi connectivity index (χ3n) is 6.96. The number of nitrogens with zero attached hydrogens (tertiary/aromatic N) is 2. The van der Waals surface area contributed by atoms with Crippen molar-refractivity contribution < 1.29 is 18.0 Å². The fourth-order valence-corrected chi connectivity index (χ4v) is 5.94. The van der Waals surface area contributed by atoms with Crippen molar-refractivity contribution in [1.82, 2.24) is 10.2 Å². The van der Waals surface area contributed by atoms with Gasteiger partial charge in [-0.1, -0.05) is 66.5 Å². The van der Waals surface area contributed by atoms with E-state index in [1.165, 1.54) is 17.0 Å². The number of aryl methyl sites for hydroxylation is 1. The van der Waals surface area contributed by atoms with Crippen molar-refractivity contribution in [3.05, 3.63) is 93.5 Å². The highest BCUT2D eigenvalue weighted by molar-refractivity contribution is 7.92. The Morgan fingerprint density at radius 2 is 1.60 bits per heavy atom. The summed E-state index contributed by atoms with van der Waals surface area (Å²) in [6.45, 7) is 8.67. The molecule has 0 heterocycles. The van der Waals surface area contributed by atoms with Gasteiger partial charge in [-0.25, -0.2) is 8.42 Å². The molecule has 0 aliphatic carbocycles. The monoisotopic (exact) mass is 603 g/mol. The Morgan fingerprint density at radius 3 is 2.23 bits per heavy atom. The van der Waals surface area contributed by atoms with E-state index in [0.29, 0.717) is 21.3 Å². The van der Waals surface area contributed by atoms with Crippen LogP contribution in [0.5, 0.6) is 0 Å². The van der Waals surface area contributed by atoms with E-state index >= 15 is 0 Å². The lowest BCUT2D eigenvalue weighted by molar-refractivity contribution is -0.139. The number of halogens is 2. The van der Waals surface area contributed by atoms with Crippen LogP contribution >= 0.6 is 23.2 Å². The molecule has 2 atom stereocenters. The number of nitrogens with one attached hydrogen (secondary N) is 1. The standard InChI is InChI=1S/C30H35Cl2N3O4S/c1-6-21(3)33-30(37)23(5)34(18-24-15-16-26(31)27(32)17-24)29(36)19-35(28-14-10-11-20(2)22(28)4)40(38,39)25-12-8-7-9-13-25/h7-17,21,23H,6,18-19H2,1-5H3,(H,33,37)/t21-,23-/m0/s1. The first-order chi connectivity index (χ1) is 18.9.